The van der Waals surface area contributed by atoms with Crippen LogP contribution < -0.4 is 4.74 Å². The van der Waals surface area contributed by atoms with Crippen molar-refractivity contribution in [2.24, 2.45) is 5.10 Å². The van der Waals surface area contributed by atoms with Gasteiger partial charge in [-0.05, 0) is 42.0 Å². The van der Waals surface area contributed by atoms with Gasteiger partial charge in [0.1, 0.15) is 11.6 Å². The number of hydrazone groups is 1. The van der Waals surface area contributed by atoms with Crippen molar-refractivity contribution in [3.8, 4) is 5.75 Å². The molecule has 0 fully saturated rings. The molecule has 0 saturated carbocycles. The smallest absolute Gasteiger partial charge is 0.215 e. The van der Waals surface area contributed by atoms with Crippen LogP contribution in [0.4, 0.5) is 4.39 Å². The molecule has 28 heavy (non-hydrogen) atoms. The van der Waals surface area contributed by atoms with Crippen molar-refractivity contribution < 1.29 is 9.13 Å². The molecule has 0 saturated heterocycles. The Bertz CT molecular complexity index is 1080. The first-order valence-corrected chi connectivity index (χ1v) is 9.68. The molecule has 0 aromatic heterocycles. The van der Waals surface area contributed by atoms with E-state index in [1.165, 1.54) is 12.1 Å². The van der Waals surface area contributed by atoms with Gasteiger partial charge in [-0.25, -0.2) is 9.40 Å². The lowest BCUT2D eigenvalue weighted by Crippen LogP contribution is -2.33. The van der Waals surface area contributed by atoms with Crippen LogP contribution in [0.5, 0.6) is 5.75 Å². The molecule has 0 amide bonds. The van der Waals surface area contributed by atoms with Gasteiger partial charge in [-0.2, -0.15) is 5.10 Å². The van der Waals surface area contributed by atoms with Crippen molar-refractivity contribution in [3.63, 3.8) is 0 Å². The van der Waals surface area contributed by atoms with Crippen LogP contribution in [-0.4, -0.2) is 10.7 Å². The van der Waals surface area contributed by atoms with E-state index in [1.807, 2.05) is 53.5 Å². The molecule has 2 aliphatic rings. The molecular formula is C22H15Cl2FN2O. The van der Waals surface area contributed by atoms with Gasteiger partial charge in [0.05, 0.1) is 11.8 Å². The molecule has 0 radical (unpaired) electrons. The summed E-state index contributed by atoms with van der Waals surface area (Å²) in [5.41, 5.74) is 3.54. The highest BCUT2D eigenvalue weighted by Crippen LogP contribution is 2.48. The van der Waals surface area contributed by atoms with Gasteiger partial charge in [-0.3, -0.25) is 0 Å². The number of hydrogen-bond acceptors (Lipinski definition) is 3. The Hall–Kier alpha value is -2.56. The average Bonchev–Trinajstić information content (AvgIpc) is 3.15. The van der Waals surface area contributed by atoms with E-state index in [0.29, 0.717) is 22.0 Å². The molecule has 3 aromatic rings. The molecule has 0 spiro atoms. The number of halogens is 3. The van der Waals surface area contributed by atoms with E-state index in [9.17, 15) is 4.39 Å². The van der Waals surface area contributed by atoms with E-state index >= 15 is 0 Å². The van der Waals surface area contributed by atoms with E-state index in [0.717, 1.165) is 22.6 Å². The summed E-state index contributed by atoms with van der Waals surface area (Å²) < 4.78 is 20.2. The number of para-hydroxylation sites is 1. The second-order valence-corrected chi connectivity index (χ2v) is 7.67. The fraction of sp³-hybridized carbons (Fsp3) is 0.136. The predicted octanol–water partition coefficient (Wildman–Crippen LogP) is 6.37. The molecule has 6 heteroatoms. The number of fused-ring (bicyclic) bond motifs is 3. The standard InChI is InChI=1S/C22H15Cl2FN2O/c23-14-7-5-13(6-8-14)19-12-20-16-3-1-2-4-21(16)28-22(27(20)26-19)17-11-15(25)9-10-18(17)24/h1-11,20,22H,12H2. The minimum atomic E-state index is -0.604. The van der Waals surface area contributed by atoms with Crippen molar-refractivity contribution in [2.75, 3.05) is 0 Å². The first kappa shape index (κ1) is 17.5. The van der Waals surface area contributed by atoms with Crippen molar-refractivity contribution in [2.45, 2.75) is 18.7 Å². The van der Waals surface area contributed by atoms with Crippen molar-refractivity contribution >= 4 is 28.9 Å². The van der Waals surface area contributed by atoms with Crippen LogP contribution in [0.25, 0.3) is 0 Å². The Morgan fingerprint density at radius 2 is 1.75 bits per heavy atom. The van der Waals surface area contributed by atoms with E-state index in [2.05, 4.69) is 0 Å². The second kappa shape index (κ2) is 6.80. The summed E-state index contributed by atoms with van der Waals surface area (Å²) in [6.45, 7) is 0. The molecule has 2 atom stereocenters. The van der Waals surface area contributed by atoms with Crippen molar-refractivity contribution in [3.05, 3.63) is 99.3 Å². The van der Waals surface area contributed by atoms with Gasteiger partial charge in [0.25, 0.3) is 0 Å². The summed E-state index contributed by atoms with van der Waals surface area (Å²) in [5.74, 6) is 0.404. The maximum atomic E-state index is 13.9. The molecule has 3 nitrogen and oxygen atoms in total. The highest BCUT2D eigenvalue weighted by atomic mass is 35.5. The molecule has 0 bridgehead atoms. The SMILES string of the molecule is Fc1ccc(Cl)c(C2Oc3ccccc3C3CC(c4ccc(Cl)cc4)=NN32)c1. The minimum absolute atomic E-state index is 0.0139. The first-order chi connectivity index (χ1) is 13.6. The third-order valence-corrected chi connectivity index (χ3v) is 5.70. The van der Waals surface area contributed by atoms with Crippen LogP contribution >= 0.6 is 23.2 Å². The van der Waals surface area contributed by atoms with Crippen LogP contribution in [0.2, 0.25) is 10.0 Å². The Labute approximate surface area is 172 Å². The Kier molecular flexibility index (Phi) is 4.26. The molecule has 2 aliphatic heterocycles. The number of benzene rings is 3. The lowest BCUT2D eigenvalue weighted by molar-refractivity contribution is -0.0191. The van der Waals surface area contributed by atoms with Gasteiger partial charge in [0.2, 0.25) is 6.23 Å². The van der Waals surface area contributed by atoms with Crippen LogP contribution in [0, 0.1) is 5.82 Å². The average molecular weight is 413 g/mol. The first-order valence-electron chi connectivity index (χ1n) is 8.92. The van der Waals surface area contributed by atoms with Gasteiger partial charge in [0.15, 0.2) is 0 Å². The zero-order valence-corrected chi connectivity index (χ0v) is 16.2. The summed E-state index contributed by atoms with van der Waals surface area (Å²) >= 11 is 12.4. The van der Waals surface area contributed by atoms with Crippen molar-refractivity contribution in [1.29, 1.82) is 0 Å². The maximum Gasteiger partial charge on any atom is 0.215 e. The predicted molar refractivity (Wildman–Crippen MR) is 108 cm³/mol. The van der Waals surface area contributed by atoms with Gasteiger partial charge < -0.3 is 4.74 Å². The summed E-state index contributed by atoms with van der Waals surface area (Å²) in [6, 6.07) is 19.8. The van der Waals surface area contributed by atoms with Crippen LogP contribution in [-0.2, 0) is 0 Å². The van der Waals surface area contributed by atoms with Crippen LogP contribution in [0.15, 0.2) is 71.8 Å². The largest absolute Gasteiger partial charge is 0.464 e. The number of nitrogens with zero attached hydrogens (tertiary/aromatic N) is 2. The molecule has 2 unspecified atom stereocenters. The van der Waals surface area contributed by atoms with E-state index in [4.69, 9.17) is 33.0 Å². The second-order valence-electron chi connectivity index (χ2n) is 6.83. The van der Waals surface area contributed by atoms with Gasteiger partial charge in [0, 0.05) is 27.6 Å². The topological polar surface area (TPSA) is 24.8 Å². The Balaban J connectivity index is 1.62. The Morgan fingerprint density at radius 1 is 0.964 bits per heavy atom. The van der Waals surface area contributed by atoms with Gasteiger partial charge >= 0.3 is 0 Å². The van der Waals surface area contributed by atoms with E-state index in [1.54, 1.807) is 6.07 Å². The minimum Gasteiger partial charge on any atom is -0.464 e. The van der Waals surface area contributed by atoms with Crippen LogP contribution in [0.1, 0.15) is 35.4 Å². The highest BCUT2D eigenvalue weighted by Gasteiger charge is 2.41. The van der Waals surface area contributed by atoms with Gasteiger partial charge in [-0.1, -0.05) is 53.5 Å². The molecule has 5 rings (SSSR count). The fourth-order valence-electron chi connectivity index (χ4n) is 3.76. The molecule has 3 aromatic carbocycles. The molecule has 0 aliphatic carbocycles. The number of rotatable bonds is 2. The quantitative estimate of drug-likeness (QED) is 0.487. The number of ether oxygens (including phenoxy) is 1. The zero-order valence-electron chi connectivity index (χ0n) is 14.6. The zero-order chi connectivity index (χ0) is 19.3. The molecular weight excluding hydrogens is 398 g/mol. The number of hydrogen-bond donors (Lipinski definition) is 0. The lowest BCUT2D eigenvalue weighted by atomic mass is 9.96. The van der Waals surface area contributed by atoms with E-state index in [-0.39, 0.29) is 11.9 Å². The summed E-state index contributed by atoms with van der Waals surface area (Å²) in [6.07, 6.45) is 0.110. The summed E-state index contributed by atoms with van der Waals surface area (Å²) in [4.78, 5) is 0. The monoisotopic (exact) mass is 412 g/mol. The maximum absolute atomic E-state index is 13.9. The summed E-state index contributed by atoms with van der Waals surface area (Å²) in [5, 5.41) is 7.84. The third kappa shape index (κ3) is 2.93. The Morgan fingerprint density at radius 3 is 2.57 bits per heavy atom. The highest BCUT2D eigenvalue weighted by molar-refractivity contribution is 6.31. The van der Waals surface area contributed by atoms with Crippen LogP contribution in [0.3, 0.4) is 0 Å². The summed E-state index contributed by atoms with van der Waals surface area (Å²) in [7, 11) is 0. The van der Waals surface area contributed by atoms with E-state index < -0.39 is 6.23 Å². The third-order valence-electron chi connectivity index (χ3n) is 5.10. The lowest BCUT2D eigenvalue weighted by Gasteiger charge is -2.38. The molecule has 140 valence electrons. The van der Waals surface area contributed by atoms with Gasteiger partial charge in [-0.15, -0.1) is 0 Å². The fourth-order valence-corrected chi connectivity index (χ4v) is 4.10. The normalized spacial score (nSPS) is 20.2. The molecule has 0 N–H and O–H groups in total. The molecule has 2 heterocycles. The van der Waals surface area contributed by atoms with Crippen molar-refractivity contribution in [1.82, 2.24) is 5.01 Å².